The smallest absolute Gasteiger partial charge is 0.325 e. The van der Waals surface area contributed by atoms with E-state index in [1.54, 1.807) is 30.9 Å². The number of esters is 1. The van der Waals surface area contributed by atoms with Crippen LogP contribution in [0.2, 0.25) is 0 Å². The van der Waals surface area contributed by atoms with Crippen LogP contribution in [0.5, 0.6) is 0 Å². The van der Waals surface area contributed by atoms with Gasteiger partial charge < -0.3 is 20.3 Å². The van der Waals surface area contributed by atoms with Crippen molar-refractivity contribution in [1.29, 1.82) is 0 Å². The number of likely N-dealkylation sites (tertiary alicyclic amines) is 1. The van der Waals surface area contributed by atoms with Gasteiger partial charge >= 0.3 is 5.97 Å². The molecular weight excluding hydrogens is 488 g/mol. The molecule has 1 atom stereocenters. The molecule has 36 heavy (non-hydrogen) atoms. The van der Waals surface area contributed by atoms with Gasteiger partial charge in [-0.2, -0.15) is 0 Å². The number of nitrogens with zero attached hydrogens (tertiary/aromatic N) is 5. The Morgan fingerprint density at radius 3 is 2.31 bits per heavy atom. The third kappa shape index (κ3) is 9.82. The first-order chi connectivity index (χ1) is 16.8. The molecule has 1 aliphatic heterocycles. The summed E-state index contributed by atoms with van der Waals surface area (Å²) in [5.74, 6) is -0.717. The molecule has 0 radical (unpaired) electrons. The number of hydrogen-bond acceptors (Lipinski definition) is 10. The Kier molecular flexibility index (Phi) is 12.3. The Bertz CT molecular complexity index is 1010. The zero-order valence-corrected chi connectivity index (χ0v) is 22.4. The van der Waals surface area contributed by atoms with Crippen LogP contribution in [0, 0.1) is 10.1 Å². The van der Waals surface area contributed by atoms with Crippen LogP contribution >= 0.6 is 0 Å². The van der Waals surface area contributed by atoms with Crippen molar-refractivity contribution < 1.29 is 22.9 Å². The van der Waals surface area contributed by atoms with E-state index in [0.717, 1.165) is 48.2 Å². The third-order valence-electron chi connectivity index (χ3n) is 5.60. The Morgan fingerprint density at radius 2 is 1.83 bits per heavy atom. The maximum absolute atomic E-state index is 12.5. The quantitative estimate of drug-likeness (QED) is 0.0876. The lowest BCUT2D eigenvalue weighted by molar-refractivity contribution is -0.404. The van der Waals surface area contributed by atoms with Gasteiger partial charge in [0.1, 0.15) is 12.4 Å². The number of carbonyl (C=O) groups excluding carboxylic acids is 1. The van der Waals surface area contributed by atoms with Crippen molar-refractivity contribution >= 4 is 21.6 Å². The second kappa shape index (κ2) is 14.4. The number of aliphatic imine (C=N–C) groups is 1. The van der Waals surface area contributed by atoms with Crippen molar-refractivity contribution in [2.75, 3.05) is 52.6 Å². The number of carbonyl (C=O) groups is 1. The van der Waals surface area contributed by atoms with E-state index in [9.17, 15) is 23.3 Å². The number of rotatable bonds is 14. The normalized spacial score (nSPS) is 16.7. The molecule has 1 unspecified atom stereocenters. The summed E-state index contributed by atoms with van der Waals surface area (Å²) in [6, 6.07) is 0. The van der Waals surface area contributed by atoms with Gasteiger partial charge in [-0.25, -0.2) is 13.4 Å². The van der Waals surface area contributed by atoms with E-state index in [1.165, 1.54) is 7.05 Å². The van der Waals surface area contributed by atoms with Gasteiger partial charge in [-0.3, -0.25) is 19.8 Å². The number of nitro groups is 1. The summed E-state index contributed by atoms with van der Waals surface area (Å²) in [4.78, 5) is 31.6. The van der Waals surface area contributed by atoms with Crippen LogP contribution in [0.4, 0.5) is 0 Å². The predicted molar refractivity (Wildman–Crippen MR) is 140 cm³/mol. The Morgan fingerprint density at radius 1 is 1.25 bits per heavy atom. The van der Waals surface area contributed by atoms with Gasteiger partial charge in [0.15, 0.2) is 15.7 Å². The molecule has 0 amide bonds. The molecule has 0 bridgehead atoms. The summed E-state index contributed by atoms with van der Waals surface area (Å²) in [7, 11) is -2.60. The topological polar surface area (TPSA) is 152 Å². The molecule has 0 saturated carbocycles. The van der Waals surface area contributed by atoms with Crippen molar-refractivity contribution in [2.45, 2.75) is 32.2 Å². The molecule has 0 aromatic heterocycles. The van der Waals surface area contributed by atoms with Crippen molar-refractivity contribution in [1.82, 2.24) is 14.7 Å². The van der Waals surface area contributed by atoms with Crippen LogP contribution < -0.4 is 5.73 Å². The molecule has 1 heterocycles. The number of amidine groups is 1. The van der Waals surface area contributed by atoms with Crippen molar-refractivity contribution in [2.24, 2.45) is 10.7 Å². The fourth-order valence-electron chi connectivity index (χ4n) is 3.67. The third-order valence-corrected chi connectivity index (χ3v) is 6.79. The molecule has 0 aromatic rings. The van der Waals surface area contributed by atoms with Crippen molar-refractivity contribution in [3.05, 3.63) is 58.6 Å². The fraction of sp³-hybridized carbons (Fsp3) is 0.565. The van der Waals surface area contributed by atoms with Gasteiger partial charge in [-0.05, 0) is 50.9 Å². The first-order valence-corrected chi connectivity index (χ1v) is 13.5. The van der Waals surface area contributed by atoms with Gasteiger partial charge in [0.25, 0.3) is 6.20 Å². The van der Waals surface area contributed by atoms with Crippen LogP contribution in [0.1, 0.15) is 26.7 Å². The highest BCUT2D eigenvalue weighted by Gasteiger charge is 2.28. The summed E-state index contributed by atoms with van der Waals surface area (Å²) in [5, 5.41) is 10.8. The Hall–Kier alpha value is -3.19. The van der Waals surface area contributed by atoms with Crippen LogP contribution in [0.15, 0.2) is 53.5 Å². The van der Waals surface area contributed by atoms with Crippen molar-refractivity contribution in [3.8, 4) is 0 Å². The van der Waals surface area contributed by atoms with Crippen LogP contribution in [-0.2, 0) is 19.4 Å². The Balaban J connectivity index is 3.44. The van der Waals surface area contributed by atoms with E-state index in [1.807, 2.05) is 0 Å². The number of sulfone groups is 1. The summed E-state index contributed by atoms with van der Waals surface area (Å²) >= 11 is 0. The predicted octanol–water partition coefficient (Wildman–Crippen LogP) is 1.33. The van der Waals surface area contributed by atoms with Gasteiger partial charge in [0.05, 0.1) is 11.5 Å². The molecule has 202 valence electrons. The average molecular weight is 527 g/mol. The fourth-order valence-corrected chi connectivity index (χ4v) is 4.71. The second-order valence-electron chi connectivity index (χ2n) is 8.39. The largest absolute Gasteiger partial charge is 0.465 e. The van der Waals surface area contributed by atoms with Gasteiger partial charge in [-0.15, -0.1) is 0 Å². The molecule has 13 heteroatoms. The minimum Gasteiger partial charge on any atom is -0.465 e. The van der Waals surface area contributed by atoms with Crippen molar-refractivity contribution in [3.63, 3.8) is 0 Å². The van der Waals surface area contributed by atoms with Gasteiger partial charge in [0, 0.05) is 26.4 Å². The Labute approximate surface area is 213 Å². The average Bonchev–Trinajstić information content (AvgIpc) is 3.30. The first kappa shape index (κ1) is 30.8. The van der Waals surface area contributed by atoms with E-state index < -0.39 is 32.0 Å². The summed E-state index contributed by atoms with van der Waals surface area (Å²) in [6.07, 6.45) is 7.12. The summed E-state index contributed by atoms with van der Waals surface area (Å²) in [5.41, 5.74) is 5.89. The molecule has 0 spiro atoms. The molecule has 1 fully saturated rings. The maximum Gasteiger partial charge on any atom is 0.325 e. The standard InChI is InChI=1S/C23H38N6O6S/c1-7-19(14-27-12-10-11-13-27)20(8-2)15-28(17-22(30)35-9-3)18(4)25-23(36(6,33)34)26(5)21(24)16-29(31)32/h7-8,16,23H,1-2,9-15,17,24H2,3-6H3/b20-19-,21-16+,25-18+. The van der Waals surface area contributed by atoms with E-state index in [4.69, 9.17) is 10.5 Å². The number of ether oxygens (including phenoxy) is 1. The lowest BCUT2D eigenvalue weighted by atomic mass is 10.1. The molecule has 0 aromatic carbocycles. The van der Waals surface area contributed by atoms with E-state index in [2.05, 4.69) is 23.1 Å². The monoisotopic (exact) mass is 526 g/mol. The second-order valence-corrected chi connectivity index (χ2v) is 10.5. The summed E-state index contributed by atoms with van der Waals surface area (Å²) in [6.45, 7) is 13.9. The summed E-state index contributed by atoms with van der Waals surface area (Å²) < 4.78 is 30.1. The first-order valence-electron chi connectivity index (χ1n) is 11.5. The van der Waals surface area contributed by atoms with Crippen LogP contribution in [0.3, 0.4) is 0 Å². The lowest BCUT2D eigenvalue weighted by Crippen LogP contribution is -2.42. The van der Waals surface area contributed by atoms with Gasteiger partial charge in [0.2, 0.25) is 5.50 Å². The SMILES string of the molecule is C=C/C(CN1CCCC1)=C(\C=C)CN(CC(=O)OCC)/C(C)=N/C(N(C)/C(N)=C/[N+](=O)[O-])S(C)(=O)=O. The molecule has 1 rings (SSSR count). The zero-order valence-electron chi connectivity index (χ0n) is 21.6. The van der Waals surface area contributed by atoms with Gasteiger partial charge in [-0.1, -0.05) is 25.3 Å². The molecule has 12 nitrogen and oxygen atoms in total. The molecule has 1 saturated heterocycles. The maximum atomic E-state index is 12.5. The number of hydrogen-bond donors (Lipinski definition) is 1. The molecule has 1 aliphatic rings. The highest BCUT2D eigenvalue weighted by Crippen LogP contribution is 2.17. The van der Waals surface area contributed by atoms with E-state index in [0.29, 0.717) is 12.7 Å². The highest BCUT2D eigenvalue weighted by atomic mass is 32.2. The van der Waals surface area contributed by atoms with Crippen LogP contribution in [-0.4, -0.2) is 98.0 Å². The molecule has 2 N–H and O–H groups in total. The molecule has 0 aliphatic carbocycles. The minimum atomic E-state index is -3.89. The van der Waals surface area contributed by atoms with E-state index in [-0.39, 0.29) is 25.5 Å². The highest BCUT2D eigenvalue weighted by molar-refractivity contribution is 7.91. The number of nitrogens with two attached hydrogens (primary N) is 1. The molecular formula is C23H38N6O6S. The lowest BCUT2D eigenvalue weighted by Gasteiger charge is -2.29. The van der Waals surface area contributed by atoms with Crippen LogP contribution in [0.25, 0.3) is 0 Å². The zero-order chi connectivity index (χ0) is 27.5. The minimum absolute atomic E-state index is 0.177. The van der Waals surface area contributed by atoms with E-state index >= 15 is 0 Å².